The Labute approximate surface area is 126 Å². The van der Waals surface area contributed by atoms with Gasteiger partial charge >= 0.3 is 12.3 Å². The summed E-state index contributed by atoms with van der Waals surface area (Å²) in [5, 5.41) is 2.42. The largest absolute Gasteiger partial charge is 0.491 e. The van der Waals surface area contributed by atoms with E-state index in [4.69, 9.17) is 16.3 Å². The molecule has 0 atom stereocenters. The summed E-state index contributed by atoms with van der Waals surface area (Å²) in [6.45, 7) is 0.337. The SMILES string of the molecule is CCOc1c(Br)cc(Cl)cc1NC(=O)OCC(F)(F)F. The fourth-order valence-electron chi connectivity index (χ4n) is 1.24. The minimum atomic E-state index is -4.59. The van der Waals surface area contributed by atoms with Crippen LogP contribution in [0.4, 0.5) is 23.7 Å². The van der Waals surface area contributed by atoms with E-state index in [1.807, 2.05) is 0 Å². The zero-order chi connectivity index (χ0) is 15.3. The average Bonchev–Trinajstić information content (AvgIpc) is 2.30. The standard InChI is InChI=1S/C11H10BrClF3NO3/c1-2-19-9-7(12)3-6(13)4-8(9)17-10(18)20-5-11(14,15)16/h3-4H,2,5H2,1H3,(H,17,18). The van der Waals surface area contributed by atoms with Gasteiger partial charge in [0.1, 0.15) is 0 Å². The van der Waals surface area contributed by atoms with E-state index in [0.29, 0.717) is 11.1 Å². The van der Waals surface area contributed by atoms with Gasteiger partial charge in [0.05, 0.1) is 16.8 Å². The van der Waals surface area contributed by atoms with Gasteiger partial charge in [0.25, 0.3) is 0 Å². The zero-order valence-corrected chi connectivity index (χ0v) is 12.5. The maximum Gasteiger partial charge on any atom is 0.422 e. The van der Waals surface area contributed by atoms with E-state index in [1.54, 1.807) is 6.92 Å². The van der Waals surface area contributed by atoms with Crippen LogP contribution in [0.2, 0.25) is 5.02 Å². The van der Waals surface area contributed by atoms with Crippen LogP contribution in [-0.2, 0) is 4.74 Å². The molecule has 0 aliphatic rings. The van der Waals surface area contributed by atoms with E-state index in [0.717, 1.165) is 0 Å². The first-order valence-electron chi connectivity index (χ1n) is 5.35. The summed E-state index contributed by atoms with van der Waals surface area (Å²) < 4.78 is 45.5. The molecule has 0 saturated carbocycles. The molecule has 0 aromatic heterocycles. The number of carbonyl (C=O) groups is 1. The van der Waals surface area contributed by atoms with Gasteiger partial charge < -0.3 is 9.47 Å². The van der Waals surface area contributed by atoms with Crippen molar-refractivity contribution < 1.29 is 27.4 Å². The first-order valence-corrected chi connectivity index (χ1v) is 6.52. The monoisotopic (exact) mass is 375 g/mol. The molecule has 1 aromatic rings. The van der Waals surface area contributed by atoms with Crippen LogP contribution in [0.3, 0.4) is 0 Å². The van der Waals surface area contributed by atoms with Gasteiger partial charge in [-0.2, -0.15) is 13.2 Å². The van der Waals surface area contributed by atoms with Crippen molar-refractivity contribution in [2.45, 2.75) is 13.1 Å². The third-order valence-electron chi connectivity index (χ3n) is 1.90. The molecule has 112 valence electrons. The third-order valence-corrected chi connectivity index (χ3v) is 2.71. The predicted octanol–water partition coefficient (Wildman–Crippen LogP) is 4.61. The Kier molecular flexibility index (Phi) is 5.94. The van der Waals surface area contributed by atoms with Crippen molar-refractivity contribution in [1.29, 1.82) is 0 Å². The molecule has 1 rings (SSSR count). The zero-order valence-electron chi connectivity index (χ0n) is 10.2. The van der Waals surface area contributed by atoms with Gasteiger partial charge in [-0.15, -0.1) is 0 Å². The van der Waals surface area contributed by atoms with E-state index < -0.39 is 18.9 Å². The predicted molar refractivity (Wildman–Crippen MR) is 71.3 cm³/mol. The maximum absolute atomic E-state index is 11.9. The fourth-order valence-corrected chi connectivity index (χ4v) is 2.16. The Morgan fingerprint density at radius 3 is 2.65 bits per heavy atom. The first kappa shape index (κ1) is 16.9. The van der Waals surface area contributed by atoms with Gasteiger partial charge in [-0.05, 0) is 35.0 Å². The van der Waals surface area contributed by atoms with Crippen LogP contribution in [0, 0.1) is 0 Å². The fraction of sp³-hybridized carbons (Fsp3) is 0.364. The maximum atomic E-state index is 11.9. The Morgan fingerprint density at radius 2 is 2.10 bits per heavy atom. The van der Waals surface area contributed by atoms with Crippen LogP contribution in [-0.4, -0.2) is 25.5 Å². The molecule has 0 aliphatic heterocycles. The quantitative estimate of drug-likeness (QED) is 0.834. The summed E-state index contributed by atoms with van der Waals surface area (Å²) in [6, 6.07) is 2.87. The molecule has 0 fully saturated rings. The number of rotatable bonds is 4. The van der Waals surface area contributed by atoms with Crippen molar-refractivity contribution in [2.75, 3.05) is 18.5 Å². The van der Waals surface area contributed by atoms with Gasteiger partial charge in [-0.25, -0.2) is 4.79 Å². The minimum absolute atomic E-state index is 0.110. The second-order valence-corrected chi connectivity index (χ2v) is 4.80. The van der Waals surface area contributed by atoms with Crippen molar-refractivity contribution in [2.24, 2.45) is 0 Å². The van der Waals surface area contributed by atoms with E-state index in [-0.39, 0.29) is 16.5 Å². The Morgan fingerprint density at radius 1 is 1.45 bits per heavy atom. The van der Waals surface area contributed by atoms with Crippen LogP contribution in [0.15, 0.2) is 16.6 Å². The van der Waals surface area contributed by atoms with E-state index in [9.17, 15) is 18.0 Å². The molecule has 20 heavy (non-hydrogen) atoms. The van der Waals surface area contributed by atoms with E-state index in [2.05, 4.69) is 26.0 Å². The molecule has 0 aliphatic carbocycles. The molecule has 1 amide bonds. The first-order chi connectivity index (χ1) is 9.23. The van der Waals surface area contributed by atoms with Gasteiger partial charge in [0.2, 0.25) is 0 Å². The van der Waals surface area contributed by atoms with E-state index >= 15 is 0 Å². The van der Waals surface area contributed by atoms with Crippen molar-refractivity contribution >= 4 is 39.3 Å². The molecule has 0 unspecified atom stereocenters. The van der Waals surface area contributed by atoms with Crippen LogP contribution in [0.1, 0.15) is 6.92 Å². The highest BCUT2D eigenvalue weighted by molar-refractivity contribution is 9.10. The normalized spacial score (nSPS) is 11.1. The average molecular weight is 377 g/mol. The molecule has 1 aromatic carbocycles. The molecule has 0 saturated heterocycles. The summed E-state index contributed by atoms with van der Waals surface area (Å²) >= 11 is 8.98. The molecule has 0 bridgehead atoms. The summed E-state index contributed by atoms with van der Waals surface area (Å²) in [4.78, 5) is 11.3. The Bertz CT molecular complexity index is 497. The number of halogens is 5. The molecule has 0 radical (unpaired) electrons. The highest BCUT2D eigenvalue weighted by Crippen LogP contribution is 2.36. The highest BCUT2D eigenvalue weighted by Gasteiger charge is 2.29. The van der Waals surface area contributed by atoms with Crippen LogP contribution in [0.25, 0.3) is 0 Å². The number of hydrogen-bond donors (Lipinski definition) is 1. The van der Waals surface area contributed by atoms with Crippen molar-refractivity contribution in [3.63, 3.8) is 0 Å². The number of anilines is 1. The van der Waals surface area contributed by atoms with Crippen molar-refractivity contribution in [3.05, 3.63) is 21.6 Å². The summed E-state index contributed by atoms with van der Waals surface area (Å²) in [6.07, 6.45) is -5.84. The van der Waals surface area contributed by atoms with Crippen LogP contribution >= 0.6 is 27.5 Å². The Balaban J connectivity index is 2.83. The van der Waals surface area contributed by atoms with Crippen LogP contribution in [0.5, 0.6) is 5.75 Å². The van der Waals surface area contributed by atoms with Crippen molar-refractivity contribution in [3.8, 4) is 5.75 Å². The molecular formula is C11H10BrClF3NO3. The number of alkyl halides is 3. The molecule has 4 nitrogen and oxygen atoms in total. The number of nitrogens with one attached hydrogen (secondary N) is 1. The lowest BCUT2D eigenvalue weighted by molar-refractivity contribution is -0.159. The number of amides is 1. The molecule has 1 N–H and O–H groups in total. The van der Waals surface area contributed by atoms with Crippen LogP contribution < -0.4 is 10.1 Å². The van der Waals surface area contributed by atoms with Gasteiger partial charge in [0, 0.05) is 5.02 Å². The molecule has 0 heterocycles. The molecular weight excluding hydrogens is 366 g/mol. The highest BCUT2D eigenvalue weighted by atomic mass is 79.9. The number of benzene rings is 1. The smallest absolute Gasteiger partial charge is 0.422 e. The molecule has 0 spiro atoms. The Hall–Kier alpha value is -1.15. The molecule has 9 heteroatoms. The van der Waals surface area contributed by atoms with Crippen molar-refractivity contribution in [1.82, 2.24) is 0 Å². The van der Waals surface area contributed by atoms with Gasteiger partial charge in [0.15, 0.2) is 12.4 Å². The second kappa shape index (κ2) is 7.03. The number of carbonyl (C=O) groups excluding carboxylic acids is 1. The third kappa shape index (κ3) is 5.46. The summed E-state index contributed by atoms with van der Waals surface area (Å²) in [5.74, 6) is 0.251. The topological polar surface area (TPSA) is 47.6 Å². The lowest BCUT2D eigenvalue weighted by atomic mass is 10.3. The lowest BCUT2D eigenvalue weighted by Gasteiger charge is -2.14. The second-order valence-electron chi connectivity index (χ2n) is 3.51. The van der Waals surface area contributed by atoms with E-state index in [1.165, 1.54) is 12.1 Å². The number of hydrogen-bond acceptors (Lipinski definition) is 3. The summed E-state index contributed by atoms with van der Waals surface area (Å²) in [5.41, 5.74) is 0.110. The summed E-state index contributed by atoms with van der Waals surface area (Å²) in [7, 11) is 0. The lowest BCUT2D eigenvalue weighted by Crippen LogP contribution is -2.23. The number of ether oxygens (including phenoxy) is 2. The minimum Gasteiger partial charge on any atom is -0.491 e. The van der Waals surface area contributed by atoms with Gasteiger partial charge in [-0.3, -0.25) is 5.32 Å². The van der Waals surface area contributed by atoms with Gasteiger partial charge in [-0.1, -0.05) is 11.6 Å².